The third kappa shape index (κ3) is 3.66. The molecule has 0 fully saturated rings. The average molecular weight is 224 g/mol. The van der Waals surface area contributed by atoms with E-state index < -0.39 is 6.04 Å². The van der Waals surface area contributed by atoms with Crippen LogP contribution in [0.15, 0.2) is 18.7 Å². The summed E-state index contributed by atoms with van der Waals surface area (Å²) in [5.74, 6) is -0.104. The van der Waals surface area contributed by atoms with Gasteiger partial charge in [-0.3, -0.25) is 4.79 Å². The minimum atomic E-state index is -0.477. The Bertz CT molecular complexity index is 326. The summed E-state index contributed by atoms with van der Waals surface area (Å²) in [5, 5.41) is 2.81. The van der Waals surface area contributed by atoms with Crippen LogP contribution in [0.25, 0.3) is 0 Å². The van der Waals surface area contributed by atoms with Gasteiger partial charge in [-0.25, -0.2) is 4.98 Å². The van der Waals surface area contributed by atoms with Crippen molar-refractivity contribution < 1.29 is 4.79 Å². The second-order valence-electron chi connectivity index (χ2n) is 4.94. The van der Waals surface area contributed by atoms with Gasteiger partial charge in [-0.05, 0) is 5.41 Å². The average Bonchev–Trinajstić information content (AvgIpc) is 2.67. The first-order valence-corrected chi connectivity index (χ1v) is 5.40. The maximum Gasteiger partial charge on any atom is 0.237 e. The van der Waals surface area contributed by atoms with E-state index >= 15 is 0 Å². The molecule has 1 rings (SSSR count). The van der Waals surface area contributed by atoms with Gasteiger partial charge in [0.1, 0.15) is 0 Å². The zero-order valence-corrected chi connectivity index (χ0v) is 10.1. The zero-order chi connectivity index (χ0) is 12.2. The lowest BCUT2D eigenvalue weighted by Gasteiger charge is -2.25. The van der Waals surface area contributed by atoms with Crippen LogP contribution in [0, 0.1) is 5.41 Å². The van der Waals surface area contributed by atoms with Gasteiger partial charge >= 0.3 is 0 Å². The van der Waals surface area contributed by atoms with Gasteiger partial charge in [0.25, 0.3) is 0 Å². The lowest BCUT2D eigenvalue weighted by Crippen LogP contribution is -2.49. The minimum absolute atomic E-state index is 0.104. The first-order chi connectivity index (χ1) is 7.41. The summed E-state index contributed by atoms with van der Waals surface area (Å²) in [7, 11) is 0. The molecule has 90 valence electrons. The Morgan fingerprint density at radius 1 is 1.56 bits per heavy atom. The number of hydrogen-bond donors (Lipinski definition) is 2. The standard InChI is InChI=1S/C11H20N4O/c1-11(2,3)9(12)10(16)14-5-7-15-6-4-13-8-15/h4,6,8-9H,5,7,12H2,1-3H3,(H,14,16). The van der Waals surface area contributed by atoms with Gasteiger partial charge in [0.15, 0.2) is 0 Å². The molecule has 0 aromatic carbocycles. The molecule has 1 aromatic heterocycles. The third-order valence-electron chi connectivity index (χ3n) is 2.44. The fourth-order valence-corrected chi connectivity index (χ4v) is 1.23. The molecule has 0 saturated carbocycles. The molecule has 0 bridgehead atoms. The Labute approximate surface area is 96.0 Å². The van der Waals surface area contributed by atoms with Crippen LogP contribution in [0.4, 0.5) is 0 Å². The Morgan fingerprint density at radius 3 is 2.75 bits per heavy atom. The van der Waals surface area contributed by atoms with E-state index in [1.165, 1.54) is 0 Å². The Morgan fingerprint density at radius 2 is 2.25 bits per heavy atom. The van der Waals surface area contributed by atoms with Crippen molar-refractivity contribution in [3.05, 3.63) is 18.7 Å². The van der Waals surface area contributed by atoms with Crippen LogP contribution < -0.4 is 11.1 Å². The molecule has 1 unspecified atom stereocenters. The summed E-state index contributed by atoms with van der Waals surface area (Å²) in [6, 6.07) is -0.477. The van der Waals surface area contributed by atoms with Gasteiger partial charge in [-0.1, -0.05) is 20.8 Å². The van der Waals surface area contributed by atoms with E-state index in [2.05, 4.69) is 10.3 Å². The number of nitrogens with two attached hydrogens (primary N) is 1. The van der Waals surface area contributed by atoms with Gasteiger partial charge in [0.05, 0.1) is 12.4 Å². The number of nitrogens with one attached hydrogen (secondary N) is 1. The zero-order valence-electron chi connectivity index (χ0n) is 10.1. The predicted octanol–water partition coefficient (Wildman–Crippen LogP) is 0.373. The molecular formula is C11H20N4O. The lowest BCUT2D eigenvalue weighted by atomic mass is 9.87. The quantitative estimate of drug-likeness (QED) is 0.776. The normalized spacial score (nSPS) is 13.5. The van der Waals surface area contributed by atoms with Crippen LogP contribution >= 0.6 is 0 Å². The van der Waals surface area contributed by atoms with E-state index in [4.69, 9.17) is 5.73 Å². The fourth-order valence-electron chi connectivity index (χ4n) is 1.23. The van der Waals surface area contributed by atoms with E-state index in [9.17, 15) is 4.79 Å². The molecule has 5 heteroatoms. The maximum absolute atomic E-state index is 11.7. The molecule has 1 amide bonds. The summed E-state index contributed by atoms with van der Waals surface area (Å²) in [6.07, 6.45) is 5.29. The molecule has 0 saturated heterocycles. The van der Waals surface area contributed by atoms with Crippen molar-refractivity contribution in [1.82, 2.24) is 14.9 Å². The number of rotatable bonds is 4. The fraction of sp³-hybridized carbons (Fsp3) is 0.636. The topological polar surface area (TPSA) is 72.9 Å². The van der Waals surface area contributed by atoms with Gasteiger partial charge in [0, 0.05) is 25.5 Å². The van der Waals surface area contributed by atoms with E-state index in [-0.39, 0.29) is 11.3 Å². The monoisotopic (exact) mass is 224 g/mol. The molecule has 16 heavy (non-hydrogen) atoms. The summed E-state index contributed by atoms with van der Waals surface area (Å²) in [6.45, 7) is 7.13. The highest BCUT2D eigenvalue weighted by Crippen LogP contribution is 2.16. The minimum Gasteiger partial charge on any atom is -0.353 e. The molecule has 0 spiro atoms. The summed E-state index contributed by atoms with van der Waals surface area (Å²) < 4.78 is 1.91. The number of nitrogens with zero attached hydrogens (tertiary/aromatic N) is 2. The van der Waals surface area contributed by atoms with Crippen molar-refractivity contribution in [3.63, 3.8) is 0 Å². The molecule has 1 atom stereocenters. The number of imidazole rings is 1. The number of aromatic nitrogens is 2. The van der Waals surface area contributed by atoms with Crippen molar-refractivity contribution in [1.29, 1.82) is 0 Å². The Balaban J connectivity index is 2.30. The SMILES string of the molecule is CC(C)(C)C(N)C(=O)NCCn1ccnc1. The van der Waals surface area contributed by atoms with Gasteiger partial charge < -0.3 is 15.6 Å². The van der Waals surface area contributed by atoms with Crippen LogP contribution in [-0.4, -0.2) is 28.0 Å². The molecule has 0 aliphatic rings. The van der Waals surface area contributed by atoms with Crippen molar-refractivity contribution >= 4 is 5.91 Å². The number of amides is 1. The van der Waals surface area contributed by atoms with Crippen LogP contribution in [0.5, 0.6) is 0 Å². The van der Waals surface area contributed by atoms with Crippen LogP contribution in [-0.2, 0) is 11.3 Å². The van der Waals surface area contributed by atoms with Crippen LogP contribution in [0.2, 0.25) is 0 Å². The van der Waals surface area contributed by atoms with E-state index in [0.717, 1.165) is 0 Å². The first-order valence-electron chi connectivity index (χ1n) is 5.40. The van der Waals surface area contributed by atoms with E-state index in [1.807, 2.05) is 31.5 Å². The van der Waals surface area contributed by atoms with E-state index in [0.29, 0.717) is 13.1 Å². The van der Waals surface area contributed by atoms with Crippen molar-refractivity contribution in [3.8, 4) is 0 Å². The molecule has 0 aliphatic heterocycles. The molecular weight excluding hydrogens is 204 g/mol. The summed E-state index contributed by atoms with van der Waals surface area (Å²) in [5.41, 5.74) is 5.61. The number of carbonyl (C=O) groups is 1. The summed E-state index contributed by atoms with van der Waals surface area (Å²) in [4.78, 5) is 15.6. The third-order valence-corrected chi connectivity index (χ3v) is 2.44. The molecule has 0 radical (unpaired) electrons. The van der Waals surface area contributed by atoms with Gasteiger partial charge in [0.2, 0.25) is 5.91 Å². The molecule has 3 N–H and O–H groups in total. The first kappa shape index (κ1) is 12.7. The number of hydrogen-bond acceptors (Lipinski definition) is 3. The molecule has 1 heterocycles. The highest BCUT2D eigenvalue weighted by molar-refractivity contribution is 5.82. The van der Waals surface area contributed by atoms with Crippen molar-refractivity contribution in [2.45, 2.75) is 33.4 Å². The Kier molecular flexibility index (Phi) is 4.06. The molecule has 1 aromatic rings. The predicted molar refractivity (Wildman–Crippen MR) is 62.7 cm³/mol. The molecule has 5 nitrogen and oxygen atoms in total. The largest absolute Gasteiger partial charge is 0.353 e. The van der Waals surface area contributed by atoms with Crippen LogP contribution in [0.3, 0.4) is 0 Å². The highest BCUT2D eigenvalue weighted by Gasteiger charge is 2.26. The van der Waals surface area contributed by atoms with E-state index in [1.54, 1.807) is 12.5 Å². The second-order valence-corrected chi connectivity index (χ2v) is 4.94. The van der Waals surface area contributed by atoms with Gasteiger partial charge in [-0.15, -0.1) is 0 Å². The maximum atomic E-state index is 11.7. The van der Waals surface area contributed by atoms with Gasteiger partial charge in [-0.2, -0.15) is 0 Å². The Hall–Kier alpha value is -1.36. The highest BCUT2D eigenvalue weighted by atomic mass is 16.2. The van der Waals surface area contributed by atoms with Crippen molar-refractivity contribution in [2.24, 2.45) is 11.1 Å². The number of carbonyl (C=O) groups excluding carboxylic acids is 1. The van der Waals surface area contributed by atoms with Crippen LogP contribution in [0.1, 0.15) is 20.8 Å². The molecule has 0 aliphatic carbocycles. The smallest absolute Gasteiger partial charge is 0.237 e. The summed E-state index contributed by atoms with van der Waals surface area (Å²) >= 11 is 0. The van der Waals surface area contributed by atoms with Crippen molar-refractivity contribution in [2.75, 3.05) is 6.54 Å². The lowest BCUT2D eigenvalue weighted by molar-refractivity contribution is -0.124. The second kappa shape index (κ2) is 5.12.